The number of benzene rings is 1. The minimum Gasteiger partial charge on any atom is -0.456 e. The SMILES string of the molecule is CC(C)NC(=O)CNC(=O)COC(=O)CCCSc1ccc(Cl)cc1. The summed E-state index contributed by atoms with van der Waals surface area (Å²) in [5.74, 6) is -0.451. The van der Waals surface area contributed by atoms with Gasteiger partial charge in [-0.1, -0.05) is 11.6 Å². The Labute approximate surface area is 157 Å². The zero-order chi connectivity index (χ0) is 18.7. The maximum absolute atomic E-state index is 11.6. The minimum absolute atomic E-state index is 0.00738. The molecule has 0 bridgehead atoms. The fourth-order valence-corrected chi connectivity index (χ4v) is 2.74. The topological polar surface area (TPSA) is 84.5 Å². The van der Waals surface area contributed by atoms with Gasteiger partial charge in [-0.15, -0.1) is 11.8 Å². The molecule has 0 saturated heterocycles. The number of thioether (sulfide) groups is 1. The zero-order valence-corrected chi connectivity index (χ0v) is 15.9. The van der Waals surface area contributed by atoms with Gasteiger partial charge in [0.05, 0.1) is 6.54 Å². The van der Waals surface area contributed by atoms with Crippen LogP contribution >= 0.6 is 23.4 Å². The Balaban J connectivity index is 2.08. The number of hydrogen-bond acceptors (Lipinski definition) is 5. The molecule has 0 aliphatic heterocycles. The predicted molar refractivity (Wildman–Crippen MR) is 98.7 cm³/mol. The molecule has 0 atom stereocenters. The van der Waals surface area contributed by atoms with Gasteiger partial charge in [0.25, 0.3) is 5.91 Å². The Kier molecular flexibility index (Phi) is 10.0. The second-order valence-corrected chi connectivity index (χ2v) is 7.17. The Morgan fingerprint density at radius 1 is 1.16 bits per heavy atom. The molecule has 1 rings (SSSR count). The number of carbonyl (C=O) groups is 3. The third kappa shape index (κ3) is 10.7. The predicted octanol–water partition coefficient (Wildman–Crippen LogP) is 2.40. The molecule has 1 aromatic rings. The lowest BCUT2D eigenvalue weighted by Gasteiger charge is -2.09. The molecule has 0 fully saturated rings. The highest BCUT2D eigenvalue weighted by molar-refractivity contribution is 7.99. The Hall–Kier alpha value is -1.73. The van der Waals surface area contributed by atoms with Crippen molar-refractivity contribution in [2.75, 3.05) is 18.9 Å². The van der Waals surface area contributed by atoms with Crippen LogP contribution in [0, 0.1) is 0 Å². The van der Waals surface area contributed by atoms with Crippen molar-refractivity contribution >= 4 is 41.1 Å². The molecule has 8 heteroatoms. The van der Waals surface area contributed by atoms with E-state index in [0.717, 1.165) is 10.6 Å². The van der Waals surface area contributed by atoms with E-state index in [1.165, 1.54) is 0 Å². The highest BCUT2D eigenvalue weighted by Gasteiger charge is 2.09. The number of hydrogen-bond donors (Lipinski definition) is 2. The van der Waals surface area contributed by atoms with Crippen LogP contribution in [0.5, 0.6) is 0 Å². The van der Waals surface area contributed by atoms with Crippen molar-refractivity contribution in [2.45, 2.75) is 37.6 Å². The maximum atomic E-state index is 11.6. The van der Waals surface area contributed by atoms with Crippen molar-refractivity contribution in [2.24, 2.45) is 0 Å². The molecule has 138 valence electrons. The summed E-state index contributed by atoms with van der Waals surface area (Å²) in [6.45, 7) is 3.14. The second kappa shape index (κ2) is 11.8. The molecule has 0 radical (unpaired) electrons. The molecule has 0 saturated carbocycles. The molecule has 0 aromatic heterocycles. The van der Waals surface area contributed by atoms with Gasteiger partial charge in [0.15, 0.2) is 6.61 Å². The van der Waals surface area contributed by atoms with Gasteiger partial charge in [-0.05, 0) is 50.3 Å². The highest BCUT2D eigenvalue weighted by Crippen LogP contribution is 2.21. The highest BCUT2D eigenvalue weighted by atomic mass is 35.5. The van der Waals surface area contributed by atoms with Crippen molar-refractivity contribution in [1.82, 2.24) is 10.6 Å². The van der Waals surface area contributed by atoms with Gasteiger partial charge >= 0.3 is 5.97 Å². The molecule has 0 spiro atoms. The van der Waals surface area contributed by atoms with E-state index in [2.05, 4.69) is 10.6 Å². The monoisotopic (exact) mass is 386 g/mol. The molecule has 0 aliphatic carbocycles. The van der Waals surface area contributed by atoms with Crippen LogP contribution in [-0.4, -0.2) is 42.7 Å². The minimum atomic E-state index is -0.497. The lowest BCUT2D eigenvalue weighted by Crippen LogP contribution is -2.41. The second-order valence-electron chi connectivity index (χ2n) is 5.57. The normalized spacial score (nSPS) is 10.4. The number of halogens is 1. The van der Waals surface area contributed by atoms with E-state index in [4.69, 9.17) is 16.3 Å². The van der Waals surface area contributed by atoms with E-state index in [9.17, 15) is 14.4 Å². The molecule has 1 aromatic carbocycles. The third-order valence-corrected chi connectivity index (χ3v) is 4.22. The standard InChI is InChI=1S/C17H23ClN2O4S/c1-12(2)20-15(21)10-19-16(22)11-24-17(23)4-3-9-25-14-7-5-13(18)6-8-14/h5-8,12H,3-4,9-11H2,1-2H3,(H,19,22)(H,20,21). The summed E-state index contributed by atoms with van der Waals surface area (Å²) < 4.78 is 4.88. The first-order valence-corrected chi connectivity index (χ1v) is 9.33. The molecule has 25 heavy (non-hydrogen) atoms. The Morgan fingerprint density at radius 3 is 2.48 bits per heavy atom. The van der Waals surface area contributed by atoms with Crippen LogP contribution < -0.4 is 10.6 Å². The smallest absolute Gasteiger partial charge is 0.306 e. The summed E-state index contributed by atoms with van der Waals surface area (Å²) in [5, 5.41) is 5.72. The van der Waals surface area contributed by atoms with E-state index in [0.29, 0.717) is 11.4 Å². The van der Waals surface area contributed by atoms with Gasteiger partial charge in [-0.25, -0.2) is 0 Å². The fourth-order valence-electron chi connectivity index (χ4n) is 1.76. The number of amides is 2. The van der Waals surface area contributed by atoms with Crippen LogP contribution in [0.25, 0.3) is 0 Å². The molecule has 2 amide bonds. The lowest BCUT2D eigenvalue weighted by molar-refractivity contribution is -0.148. The van der Waals surface area contributed by atoms with Crippen molar-refractivity contribution in [3.63, 3.8) is 0 Å². The van der Waals surface area contributed by atoms with E-state index in [-0.39, 0.29) is 31.5 Å². The van der Waals surface area contributed by atoms with E-state index in [1.807, 2.05) is 38.1 Å². The van der Waals surface area contributed by atoms with Crippen molar-refractivity contribution in [3.05, 3.63) is 29.3 Å². The molecular formula is C17H23ClN2O4S. The van der Waals surface area contributed by atoms with Crippen LogP contribution in [0.2, 0.25) is 5.02 Å². The summed E-state index contributed by atoms with van der Waals surface area (Å²) in [7, 11) is 0. The van der Waals surface area contributed by atoms with Gasteiger partial charge in [0.2, 0.25) is 5.91 Å². The number of carbonyl (C=O) groups excluding carboxylic acids is 3. The lowest BCUT2D eigenvalue weighted by atomic mass is 10.3. The molecule has 0 heterocycles. The fraction of sp³-hybridized carbons (Fsp3) is 0.471. The Bertz CT molecular complexity index is 579. The number of esters is 1. The van der Waals surface area contributed by atoms with Gasteiger partial charge in [-0.3, -0.25) is 14.4 Å². The molecule has 0 unspecified atom stereocenters. The van der Waals surface area contributed by atoms with Crippen molar-refractivity contribution in [3.8, 4) is 0 Å². The maximum Gasteiger partial charge on any atom is 0.306 e. The van der Waals surface area contributed by atoms with Crippen molar-refractivity contribution in [1.29, 1.82) is 0 Å². The average Bonchev–Trinajstić information content (AvgIpc) is 2.56. The quantitative estimate of drug-likeness (QED) is 0.366. The molecule has 2 N–H and O–H groups in total. The van der Waals surface area contributed by atoms with Crippen LogP contribution in [0.3, 0.4) is 0 Å². The van der Waals surface area contributed by atoms with Gasteiger partial charge < -0.3 is 15.4 Å². The van der Waals surface area contributed by atoms with E-state index >= 15 is 0 Å². The number of nitrogens with one attached hydrogen (secondary N) is 2. The summed E-state index contributed by atoms with van der Waals surface area (Å²) >= 11 is 7.43. The first-order chi connectivity index (χ1) is 11.9. The largest absolute Gasteiger partial charge is 0.456 e. The van der Waals surface area contributed by atoms with Crippen LogP contribution in [0.15, 0.2) is 29.2 Å². The van der Waals surface area contributed by atoms with Crippen molar-refractivity contribution < 1.29 is 19.1 Å². The number of ether oxygens (including phenoxy) is 1. The van der Waals surface area contributed by atoms with Gasteiger partial charge in [-0.2, -0.15) is 0 Å². The van der Waals surface area contributed by atoms with E-state index < -0.39 is 11.9 Å². The van der Waals surface area contributed by atoms with Gasteiger partial charge in [0, 0.05) is 22.4 Å². The summed E-state index contributed by atoms with van der Waals surface area (Å²) in [5.41, 5.74) is 0. The molecule has 0 aliphatic rings. The number of rotatable bonds is 10. The van der Waals surface area contributed by atoms with Crippen LogP contribution in [-0.2, 0) is 19.1 Å². The molecular weight excluding hydrogens is 364 g/mol. The third-order valence-electron chi connectivity index (χ3n) is 2.87. The average molecular weight is 387 g/mol. The summed E-state index contributed by atoms with van der Waals surface area (Å²) in [6, 6.07) is 7.49. The summed E-state index contributed by atoms with van der Waals surface area (Å²) in [6.07, 6.45) is 0.881. The van der Waals surface area contributed by atoms with Crippen LogP contribution in [0.1, 0.15) is 26.7 Å². The Morgan fingerprint density at radius 2 is 1.84 bits per heavy atom. The van der Waals surface area contributed by atoms with Crippen LogP contribution in [0.4, 0.5) is 0 Å². The molecule has 6 nitrogen and oxygen atoms in total. The van der Waals surface area contributed by atoms with Gasteiger partial charge in [0.1, 0.15) is 0 Å². The van der Waals surface area contributed by atoms with E-state index in [1.54, 1.807) is 11.8 Å². The first kappa shape index (κ1) is 21.3. The summed E-state index contributed by atoms with van der Waals surface area (Å²) in [4.78, 5) is 35.5. The zero-order valence-electron chi connectivity index (χ0n) is 14.3. The first-order valence-electron chi connectivity index (χ1n) is 7.97.